The summed E-state index contributed by atoms with van der Waals surface area (Å²) < 4.78 is 28.2. The van der Waals surface area contributed by atoms with Gasteiger partial charge in [-0.25, -0.2) is 8.42 Å². The number of benzene rings is 2. The zero-order chi connectivity index (χ0) is 21.0. The Morgan fingerprint density at radius 1 is 1.00 bits per heavy atom. The largest absolute Gasteiger partial charge is 0.378 e. The molecule has 0 aliphatic heterocycles. The van der Waals surface area contributed by atoms with E-state index in [1.54, 1.807) is 30.3 Å². The standard InChI is InChI=1S/C20H20BrN3O3S2/c1-24(2)17-9-3-14(4-10-17)13-22-20(25)15-5-7-16(8-6-15)23-29(26,27)19-12-11-18(21)28-19/h3-12,23H,13H2,1-2H3,(H,22,25). The smallest absolute Gasteiger partial charge is 0.271 e. The average molecular weight is 494 g/mol. The van der Waals surface area contributed by atoms with Gasteiger partial charge in [-0.2, -0.15) is 0 Å². The number of sulfonamides is 1. The van der Waals surface area contributed by atoms with Crippen LogP contribution in [0.3, 0.4) is 0 Å². The van der Waals surface area contributed by atoms with Crippen molar-refractivity contribution in [1.29, 1.82) is 0 Å². The van der Waals surface area contributed by atoms with Gasteiger partial charge in [0.1, 0.15) is 4.21 Å². The van der Waals surface area contributed by atoms with Gasteiger partial charge in [0, 0.05) is 37.6 Å². The molecule has 2 N–H and O–H groups in total. The molecule has 1 amide bonds. The summed E-state index contributed by atoms with van der Waals surface area (Å²) in [5.74, 6) is -0.224. The number of halogens is 1. The van der Waals surface area contributed by atoms with Gasteiger partial charge in [0.2, 0.25) is 0 Å². The third-order valence-electron chi connectivity index (χ3n) is 4.12. The van der Waals surface area contributed by atoms with Gasteiger partial charge in [-0.05, 0) is 70.0 Å². The van der Waals surface area contributed by atoms with Crippen molar-refractivity contribution < 1.29 is 13.2 Å². The lowest BCUT2D eigenvalue weighted by Gasteiger charge is -2.13. The summed E-state index contributed by atoms with van der Waals surface area (Å²) in [5.41, 5.74) is 2.94. The molecule has 3 rings (SSSR count). The number of hydrogen-bond acceptors (Lipinski definition) is 5. The van der Waals surface area contributed by atoms with E-state index in [0.29, 0.717) is 17.8 Å². The first-order valence-electron chi connectivity index (χ1n) is 8.67. The van der Waals surface area contributed by atoms with Crippen molar-refractivity contribution in [3.8, 4) is 0 Å². The van der Waals surface area contributed by atoms with Crippen LogP contribution in [0.4, 0.5) is 11.4 Å². The Morgan fingerprint density at radius 2 is 1.66 bits per heavy atom. The average Bonchev–Trinajstić information content (AvgIpc) is 3.14. The van der Waals surface area contributed by atoms with E-state index in [4.69, 9.17) is 0 Å². The van der Waals surface area contributed by atoms with Crippen LogP contribution < -0.4 is 14.9 Å². The van der Waals surface area contributed by atoms with Crippen molar-refractivity contribution in [3.63, 3.8) is 0 Å². The molecule has 0 aliphatic rings. The first-order chi connectivity index (χ1) is 13.7. The molecule has 1 aromatic heterocycles. The molecular weight excluding hydrogens is 474 g/mol. The SMILES string of the molecule is CN(C)c1ccc(CNC(=O)c2ccc(NS(=O)(=O)c3ccc(Br)s3)cc2)cc1. The summed E-state index contributed by atoms with van der Waals surface area (Å²) in [4.78, 5) is 14.4. The monoisotopic (exact) mass is 493 g/mol. The number of hydrogen-bond donors (Lipinski definition) is 2. The summed E-state index contributed by atoms with van der Waals surface area (Å²) >= 11 is 4.38. The molecule has 0 radical (unpaired) electrons. The first kappa shape index (κ1) is 21.4. The molecular formula is C20H20BrN3O3S2. The lowest BCUT2D eigenvalue weighted by Crippen LogP contribution is -2.22. The van der Waals surface area contributed by atoms with Gasteiger partial charge in [0.25, 0.3) is 15.9 Å². The van der Waals surface area contributed by atoms with Crippen LogP contribution in [0, 0.1) is 0 Å². The molecule has 0 saturated heterocycles. The van der Waals surface area contributed by atoms with Crippen LogP contribution in [0.15, 0.2) is 68.7 Å². The molecule has 0 atom stereocenters. The van der Waals surface area contributed by atoms with E-state index in [1.165, 1.54) is 6.07 Å². The van der Waals surface area contributed by atoms with E-state index in [0.717, 1.165) is 26.4 Å². The van der Waals surface area contributed by atoms with Crippen molar-refractivity contribution in [1.82, 2.24) is 5.32 Å². The van der Waals surface area contributed by atoms with E-state index in [-0.39, 0.29) is 10.1 Å². The van der Waals surface area contributed by atoms with Crippen LogP contribution in [0.5, 0.6) is 0 Å². The lowest BCUT2D eigenvalue weighted by molar-refractivity contribution is 0.0951. The van der Waals surface area contributed by atoms with Gasteiger partial charge in [0.05, 0.1) is 3.79 Å². The Balaban J connectivity index is 1.60. The minimum Gasteiger partial charge on any atom is -0.378 e. The molecule has 0 unspecified atom stereocenters. The Bertz CT molecular complexity index is 1090. The summed E-state index contributed by atoms with van der Waals surface area (Å²) in [6, 6.07) is 17.5. The molecule has 0 aliphatic carbocycles. The van der Waals surface area contributed by atoms with E-state index in [2.05, 4.69) is 26.0 Å². The van der Waals surface area contributed by atoms with Crippen LogP contribution in [0.25, 0.3) is 0 Å². The van der Waals surface area contributed by atoms with Gasteiger partial charge in [-0.15, -0.1) is 11.3 Å². The molecule has 2 aromatic carbocycles. The minimum atomic E-state index is -3.65. The van der Waals surface area contributed by atoms with Gasteiger partial charge in [-0.3, -0.25) is 9.52 Å². The summed E-state index contributed by atoms with van der Waals surface area (Å²) in [6.45, 7) is 0.411. The number of carbonyl (C=O) groups is 1. The van der Waals surface area contributed by atoms with Crippen molar-refractivity contribution in [2.45, 2.75) is 10.8 Å². The summed E-state index contributed by atoms with van der Waals surface area (Å²) in [6.07, 6.45) is 0. The highest BCUT2D eigenvalue weighted by molar-refractivity contribution is 9.11. The molecule has 0 bridgehead atoms. The number of nitrogens with zero attached hydrogens (tertiary/aromatic N) is 1. The van der Waals surface area contributed by atoms with E-state index >= 15 is 0 Å². The fraction of sp³-hybridized carbons (Fsp3) is 0.150. The zero-order valence-electron chi connectivity index (χ0n) is 15.8. The Kier molecular flexibility index (Phi) is 6.61. The molecule has 1 heterocycles. The lowest BCUT2D eigenvalue weighted by atomic mass is 10.1. The number of amides is 1. The van der Waals surface area contributed by atoms with Crippen LogP contribution >= 0.6 is 27.3 Å². The van der Waals surface area contributed by atoms with Crippen LogP contribution in [-0.2, 0) is 16.6 Å². The zero-order valence-corrected chi connectivity index (χ0v) is 19.1. The highest BCUT2D eigenvalue weighted by Crippen LogP contribution is 2.27. The Morgan fingerprint density at radius 3 is 2.21 bits per heavy atom. The third kappa shape index (κ3) is 5.59. The van der Waals surface area contributed by atoms with Crippen LogP contribution in [-0.4, -0.2) is 28.4 Å². The highest BCUT2D eigenvalue weighted by atomic mass is 79.9. The van der Waals surface area contributed by atoms with Crippen molar-refractivity contribution in [2.24, 2.45) is 0 Å². The maximum atomic E-state index is 12.4. The second-order valence-electron chi connectivity index (χ2n) is 6.48. The fourth-order valence-electron chi connectivity index (χ4n) is 2.53. The quantitative estimate of drug-likeness (QED) is 0.513. The van der Waals surface area contributed by atoms with Gasteiger partial charge in [-0.1, -0.05) is 12.1 Å². The third-order valence-corrected chi connectivity index (χ3v) is 7.62. The number of rotatable bonds is 7. The Labute approximate surface area is 182 Å². The van der Waals surface area contributed by atoms with E-state index < -0.39 is 10.0 Å². The van der Waals surface area contributed by atoms with Crippen molar-refractivity contribution in [3.05, 3.63) is 75.6 Å². The van der Waals surface area contributed by atoms with Gasteiger partial charge < -0.3 is 10.2 Å². The first-order valence-corrected chi connectivity index (χ1v) is 11.8. The Hall–Kier alpha value is -2.36. The molecule has 0 spiro atoms. The van der Waals surface area contributed by atoms with Crippen molar-refractivity contribution >= 4 is 54.6 Å². The molecule has 152 valence electrons. The number of thiophene rings is 1. The number of anilines is 2. The predicted octanol–water partition coefficient (Wildman–Crippen LogP) is 4.31. The maximum absolute atomic E-state index is 12.4. The van der Waals surface area contributed by atoms with Gasteiger partial charge in [0.15, 0.2) is 0 Å². The molecule has 6 nitrogen and oxygen atoms in total. The molecule has 9 heteroatoms. The molecule has 0 saturated carbocycles. The number of carbonyl (C=O) groups excluding carboxylic acids is 1. The normalized spacial score (nSPS) is 11.1. The molecule has 0 fully saturated rings. The maximum Gasteiger partial charge on any atom is 0.271 e. The molecule has 3 aromatic rings. The molecule has 29 heavy (non-hydrogen) atoms. The van der Waals surface area contributed by atoms with Crippen LogP contribution in [0.2, 0.25) is 0 Å². The van der Waals surface area contributed by atoms with Gasteiger partial charge >= 0.3 is 0 Å². The highest BCUT2D eigenvalue weighted by Gasteiger charge is 2.17. The topological polar surface area (TPSA) is 78.5 Å². The minimum absolute atomic E-state index is 0.214. The summed E-state index contributed by atoms with van der Waals surface area (Å²) in [5, 5.41) is 2.87. The second kappa shape index (κ2) is 8.98. The predicted molar refractivity (Wildman–Crippen MR) is 121 cm³/mol. The fourth-order valence-corrected chi connectivity index (χ4v) is 5.60. The second-order valence-corrected chi connectivity index (χ2v) is 10.9. The number of nitrogens with one attached hydrogen (secondary N) is 2. The van der Waals surface area contributed by atoms with Crippen molar-refractivity contribution in [2.75, 3.05) is 23.7 Å². The van der Waals surface area contributed by atoms with Crippen LogP contribution in [0.1, 0.15) is 15.9 Å². The van der Waals surface area contributed by atoms with E-state index in [9.17, 15) is 13.2 Å². The van der Waals surface area contributed by atoms with E-state index in [1.807, 2.05) is 43.3 Å². The summed E-state index contributed by atoms with van der Waals surface area (Å²) in [7, 11) is 0.297.